The molecule has 1 aliphatic heterocycles. The highest BCUT2D eigenvalue weighted by Crippen LogP contribution is 2.63. The Balaban J connectivity index is 1.72. The molecule has 0 aliphatic carbocycles. The molecule has 0 aromatic heterocycles. The zero-order valence-corrected chi connectivity index (χ0v) is 21.1. The highest BCUT2D eigenvalue weighted by molar-refractivity contribution is 8.14. The van der Waals surface area contributed by atoms with E-state index in [1.807, 2.05) is 6.20 Å². The van der Waals surface area contributed by atoms with Gasteiger partial charge in [-0.1, -0.05) is 96.7 Å². The molecule has 3 aromatic rings. The molecule has 1 unspecified atom stereocenters. The molecule has 0 radical (unpaired) electrons. The summed E-state index contributed by atoms with van der Waals surface area (Å²) in [4.78, 5) is 14.0. The van der Waals surface area contributed by atoms with Gasteiger partial charge in [0, 0.05) is 18.5 Å². The van der Waals surface area contributed by atoms with Gasteiger partial charge in [0.05, 0.1) is 12.9 Å². The normalized spacial score (nSPS) is 15.3. The van der Waals surface area contributed by atoms with E-state index in [1.54, 1.807) is 0 Å². The number of benzene rings is 3. The Bertz CT molecular complexity index is 1160. The van der Waals surface area contributed by atoms with Crippen molar-refractivity contribution in [3.63, 3.8) is 0 Å². The summed E-state index contributed by atoms with van der Waals surface area (Å²) < 4.78 is 4.85. The van der Waals surface area contributed by atoms with E-state index < -0.39 is 6.04 Å². The smallest absolute Gasteiger partial charge is 0.331 e. The number of ether oxygens (including phenoxy) is 1. The molecule has 0 saturated heterocycles. The first-order valence-electron chi connectivity index (χ1n) is 11.6. The summed E-state index contributed by atoms with van der Waals surface area (Å²) in [5.74, 6) is -0.343. The lowest BCUT2D eigenvalue weighted by atomic mass is 10.0. The van der Waals surface area contributed by atoms with Gasteiger partial charge in [-0.3, -0.25) is 0 Å². The third-order valence-corrected chi connectivity index (χ3v) is 11.3. The second-order valence-corrected chi connectivity index (χ2v) is 13.9. The summed E-state index contributed by atoms with van der Waals surface area (Å²) in [5.41, 5.74) is 5.06. The summed E-state index contributed by atoms with van der Waals surface area (Å²) in [6.45, 7) is 0. The first-order valence-corrected chi connectivity index (χ1v) is 14.8. The minimum absolute atomic E-state index is 0.0250. The van der Waals surface area contributed by atoms with Gasteiger partial charge >= 0.3 is 5.97 Å². The van der Waals surface area contributed by atoms with Crippen molar-refractivity contribution >= 4 is 29.9 Å². The lowest BCUT2D eigenvalue weighted by Crippen LogP contribution is -2.25. The van der Waals surface area contributed by atoms with Crippen LogP contribution in [0, 0.1) is 0 Å². The van der Waals surface area contributed by atoms with E-state index in [4.69, 9.17) is 16.5 Å². The van der Waals surface area contributed by atoms with Crippen LogP contribution in [0.15, 0.2) is 103 Å². The van der Waals surface area contributed by atoms with Gasteiger partial charge < -0.3 is 9.64 Å². The number of esters is 1. The molecule has 1 heterocycles. The Kier molecular flexibility index (Phi) is 8.16. The fourth-order valence-corrected chi connectivity index (χ4v) is 9.01. The third-order valence-electron chi connectivity index (χ3n) is 6.26. The second kappa shape index (κ2) is 11.5. The van der Waals surface area contributed by atoms with E-state index in [-0.39, 0.29) is 11.8 Å². The van der Waals surface area contributed by atoms with Crippen LogP contribution < -0.4 is 0 Å². The molecule has 1 atom stereocenters. The van der Waals surface area contributed by atoms with Crippen molar-refractivity contribution in [1.82, 2.24) is 4.90 Å². The number of carbonyl (C=O) groups excluding carboxylic acids is 1. The fraction of sp³-hybridized carbons (Fsp3) is 0.207. The van der Waals surface area contributed by atoms with E-state index in [0.29, 0.717) is 0 Å². The summed E-state index contributed by atoms with van der Waals surface area (Å²) in [7, 11) is 1.40. The highest BCUT2D eigenvalue weighted by atomic mass is 32.4. The van der Waals surface area contributed by atoms with Crippen LogP contribution in [0.2, 0.25) is 0 Å². The molecule has 0 bridgehead atoms. The lowest BCUT2D eigenvalue weighted by Gasteiger charge is -2.41. The first-order chi connectivity index (χ1) is 16.6. The monoisotopic (exact) mass is 487 g/mol. The molecule has 3 nitrogen and oxygen atoms in total. The van der Waals surface area contributed by atoms with Crippen LogP contribution in [-0.4, -0.2) is 30.3 Å². The minimum Gasteiger partial charge on any atom is -0.466 e. The number of hydrogen-bond donors (Lipinski definition) is 0. The summed E-state index contributed by atoms with van der Waals surface area (Å²) >= 11 is 6.67. The molecule has 0 N–H and O–H groups in total. The van der Waals surface area contributed by atoms with Gasteiger partial charge in [0.15, 0.2) is 0 Å². The Hall–Kier alpha value is -2.94. The number of rotatable bonds is 9. The van der Waals surface area contributed by atoms with Crippen molar-refractivity contribution < 1.29 is 9.53 Å². The minimum atomic E-state index is -1.98. The zero-order valence-electron chi connectivity index (χ0n) is 19.4. The Morgan fingerprint density at radius 1 is 0.912 bits per heavy atom. The van der Waals surface area contributed by atoms with Crippen LogP contribution in [0.4, 0.5) is 0 Å². The molecule has 4 rings (SSSR count). The van der Waals surface area contributed by atoms with Gasteiger partial charge in [-0.15, -0.1) is 0 Å². The number of methoxy groups -OCH3 is 1. The fourth-order valence-electron chi connectivity index (χ4n) is 4.43. The molecule has 0 saturated carbocycles. The van der Waals surface area contributed by atoms with E-state index >= 15 is 0 Å². The largest absolute Gasteiger partial charge is 0.466 e. The van der Waals surface area contributed by atoms with E-state index in [1.165, 1.54) is 35.4 Å². The topological polar surface area (TPSA) is 29.5 Å². The molecule has 174 valence electrons. The van der Waals surface area contributed by atoms with E-state index in [2.05, 4.69) is 102 Å². The molecule has 0 amide bonds. The summed E-state index contributed by atoms with van der Waals surface area (Å²) in [5, 5.41) is 0. The van der Waals surface area contributed by atoms with Gasteiger partial charge in [-0.2, -0.15) is 0 Å². The molecule has 0 fully saturated rings. The van der Waals surface area contributed by atoms with Gasteiger partial charge in [0.1, 0.15) is 0 Å². The maximum absolute atomic E-state index is 11.9. The van der Waals surface area contributed by atoms with E-state index in [9.17, 15) is 4.79 Å². The number of hydrogen-bond acceptors (Lipinski definition) is 4. The highest BCUT2D eigenvalue weighted by Gasteiger charge is 2.35. The van der Waals surface area contributed by atoms with Crippen LogP contribution in [0.3, 0.4) is 0 Å². The molecule has 5 heteroatoms. The average molecular weight is 488 g/mol. The Morgan fingerprint density at radius 3 is 2.06 bits per heavy atom. The summed E-state index contributed by atoms with van der Waals surface area (Å²) in [6.07, 6.45) is 11.3. The molecular formula is C29H30NO2PS. The Morgan fingerprint density at radius 2 is 1.47 bits per heavy atom. The number of nitrogens with zero attached hydrogens (tertiary/aromatic N) is 1. The summed E-state index contributed by atoms with van der Waals surface area (Å²) in [6, 6.07) is 27.7. The SMILES string of the molecule is COC(=O)/C=C/N1C=Cc2ccccc2C1P(=S)(CCc1ccccc1)CCc1ccccc1. The van der Waals surface area contributed by atoms with Crippen molar-refractivity contribution in [2.45, 2.75) is 18.6 Å². The quantitative estimate of drug-likeness (QED) is 0.193. The third kappa shape index (κ3) is 5.94. The molecule has 3 aromatic carbocycles. The van der Waals surface area contributed by atoms with Crippen LogP contribution in [0.5, 0.6) is 0 Å². The maximum Gasteiger partial charge on any atom is 0.331 e. The predicted octanol–water partition coefficient (Wildman–Crippen LogP) is 6.62. The van der Waals surface area contributed by atoms with Crippen molar-refractivity contribution in [3.8, 4) is 0 Å². The molecular weight excluding hydrogens is 457 g/mol. The standard InChI is InChI=1S/C29H30NO2PS/c1-32-28(31)17-21-30-20-16-26-14-8-9-15-27(26)29(30)33(34,22-18-24-10-4-2-5-11-24)23-19-25-12-6-3-7-13-25/h2-17,20-21,29H,18-19,22-23H2,1H3/b21-17+. The van der Waals surface area contributed by atoms with Crippen molar-refractivity contribution in [3.05, 3.63) is 126 Å². The first kappa shape index (κ1) is 24.2. The van der Waals surface area contributed by atoms with Gasteiger partial charge in [-0.25, -0.2) is 4.79 Å². The number of carbonyl (C=O) groups is 1. The Labute approximate surface area is 207 Å². The van der Waals surface area contributed by atoms with Crippen LogP contribution in [0.25, 0.3) is 6.08 Å². The van der Waals surface area contributed by atoms with E-state index in [0.717, 1.165) is 25.2 Å². The number of aryl methyl sites for hydroxylation is 2. The molecule has 34 heavy (non-hydrogen) atoms. The van der Waals surface area contributed by atoms with Crippen molar-refractivity contribution in [2.24, 2.45) is 0 Å². The van der Waals surface area contributed by atoms with Crippen LogP contribution >= 0.6 is 6.04 Å². The van der Waals surface area contributed by atoms with Gasteiger partial charge in [-0.05, 0) is 59.5 Å². The maximum atomic E-state index is 11.9. The van der Waals surface area contributed by atoms with Crippen LogP contribution in [0.1, 0.15) is 28.0 Å². The second-order valence-electron chi connectivity index (χ2n) is 8.48. The van der Waals surface area contributed by atoms with Gasteiger partial charge in [0.25, 0.3) is 0 Å². The molecule has 1 aliphatic rings. The predicted molar refractivity (Wildman–Crippen MR) is 146 cm³/mol. The molecule has 0 spiro atoms. The van der Waals surface area contributed by atoms with Gasteiger partial charge in [0.2, 0.25) is 0 Å². The number of fused-ring (bicyclic) bond motifs is 1. The lowest BCUT2D eigenvalue weighted by molar-refractivity contribution is -0.134. The van der Waals surface area contributed by atoms with Crippen molar-refractivity contribution in [2.75, 3.05) is 19.4 Å². The van der Waals surface area contributed by atoms with Crippen LogP contribution in [-0.2, 0) is 34.2 Å². The van der Waals surface area contributed by atoms with Crippen molar-refractivity contribution in [1.29, 1.82) is 0 Å². The average Bonchev–Trinajstić information content (AvgIpc) is 2.90. The zero-order chi connectivity index (χ0) is 23.8.